The summed E-state index contributed by atoms with van der Waals surface area (Å²) < 4.78 is 14.7. The summed E-state index contributed by atoms with van der Waals surface area (Å²) in [6, 6.07) is 94.9. The summed E-state index contributed by atoms with van der Waals surface area (Å²) in [6.07, 6.45) is 0. The van der Waals surface area contributed by atoms with E-state index in [1.54, 1.807) is 0 Å². The Morgan fingerprint density at radius 1 is 0.282 bits per heavy atom. The van der Waals surface area contributed by atoms with Gasteiger partial charge in [-0.05, 0) is 126 Å². The molecule has 11 aromatic rings. The molecule has 0 fully saturated rings. The molecule has 1 spiro atoms. The predicted octanol–water partition coefficient (Wildman–Crippen LogP) is 17.4. The van der Waals surface area contributed by atoms with Gasteiger partial charge in [0.25, 0.3) is 0 Å². The number of para-hydroxylation sites is 1. The Balaban J connectivity index is 0.964. The lowest BCUT2D eigenvalue weighted by Crippen LogP contribution is -2.28. The maximum absolute atomic E-state index is 7.58. The van der Waals surface area contributed by atoms with Gasteiger partial charge in [-0.15, -0.1) is 0 Å². The first kappa shape index (κ1) is 39.8. The van der Waals surface area contributed by atoms with Gasteiger partial charge in [0.1, 0.15) is 0 Å². The van der Waals surface area contributed by atoms with Crippen LogP contribution < -0.4 is 14.4 Å². The molecule has 0 aromatic heterocycles. The molecule has 0 unspecified atom stereocenters. The van der Waals surface area contributed by atoms with Crippen molar-refractivity contribution in [2.45, 2.75) is 10.8 Å². The second kappa shape index (κ2) is 15.2. The van der Waals surface area contributed by atoms with Gasteiger partial charge < -0.3 is 14.4 Å². The quantitative estimate of drug-likeness (QED) is 0.166. The normalized spacial score (nSPS) is 14.1. The van der Waals surface area contributed by atoms with Crippen LogP contribution in [-0.2, 0) is 10.8 Å². The number of rotatable bonds is 6. The van der Waals surface area contributed by atoms with Crippen LogP contribution in [0.4, 0.5) is 17.1 Å². The molecule has 0 radical (unpaired) electrons. The van der Waals surface area contributed by atoms with E-state index in [-0.39, 0.29) is 0 Å². The average Bonchev–Trinajstić information content (AvgIpc) is 4.05. The van der Waals surface area contributed by atoms with E-state index in [9.17, 15) is 0 Å². The van der Waals surface area contributed by atoms with E-state index in [1.165, 1.54) is 66.8 Å². The molecular formula is C68H43NO2. The molecular weight excluding hydrogens is 863 g/mol. The zero-order valence-electron chi connectivity index (χ0n) is 38.6. The maximum atomic E-state index is 7.58. The van der Waals surface area contributed by atoms with E-state index in [0.29, 0.717) is 17.2 Å². The molecule has 4 aliphatic rings. The van der Waals surface area contributed by atoms with Crippen LogP contribution in [0.15, 0.2) is 261 Å². The first-order chi connectivity index (χ1) is 35.2. The highest BCUT2D eigenvalue weighted by molar-refractivity contribution is 5.99. The molecule has 3 heteroatoms. The molecule has 0 N–H and O–H groups in total. The average molecular weight is 906 g/mol. The van der Waals surface area contributed by atoms with E-state index in [1.807, 2.05) is 6.07 Å². The van der Waals surface area contributed by atoms with Crippen LogP contribution in [0.2, 0.25) is 0 Å². The van der Waals surface area contributed by atoms with Crippen molar-refractivity contribution >= 4 is 17.1 Å². The Bertz CT molecular complexity index is 3870. The monoisotopic (exact) mass is 905 g/mol. The summed E-state index contributed by atoms with van der Waals surface area (Å²) >= 11 is 0. The molecule has 1 heterocycles. The van der Waals surface area contributed by atoms with Crippen LogP contribution in [0.5, 0.6) is 23.0 Å². The fourth-order valence-corrected chi connectivity index (χ4v) is 12.9. The zero-order chi connectivity index (χ0) is 46.7. The summed E-state index contributed by atoms with van der Waals surface area (Å²) in [4.78, 5) is 2.37. The molecule has 1 aliphatic heterocycles. The van der Waals surface area contributed by atoms with Crippen molar-refractivity contribution in [1.82, 2.24) is 0 Å². The van der Waals surface area contributed by atoms with Gasteiger partial charge in [0.05, 0.1) is 16.5 Å². The fraction of sp³-hybridized carbons (Fsp3) is 0.0294. The largest absolute Gasteiger partial charge is 0.449 e. The number of hydrogen-bond acceptors (Lipinski definition) is 3. The van der Waals surface area contributed by atoms with E-state index in [0.717, 1.165) is 45.1 Å². The van der Waals surface area contributed by atoms with Crippen molar-refractivity contribution in [2.24, 2.45) is 0 Å². The molecule has 11 aromatic carbocycles. The van der Waals surface area contributed by atoms with Gasteiger partial charge in [0.2, 0.25) is 0 Å². The third-order valence-electron chi connectivity index (χ3n) is 15.6. The van der Waals surface area contributed by atoms with Crippen LogP contribution in [-0.4, -0.2) is 0 Å². The maximum Gasteiger partial charge on any atom is 0.194 e. The molecule has 3 nitrogen and oxygen atoms in total. The highest BCUT2D eigenvalue weighted by atomic mass is 16.6. The number of nitrogens with zero attached hydrogens (tertiary/aromatic N) is 1. The molecule has 0 bridgehead atoms. The van der Waals surface area contributed by atoms with Crippen LogP contribution in [0.1, 0.15) is 44.5 Å². The van der Waals surface area contributed by atoms with Crippen molar-refractivity contribution in [3.05, 3.63) is 305 Å². The number of ether oxygens (including phenoxy) is 2. The Kier molecular flexibility index (Phi) is 8.49. The molecule has 0 saturated carbocycles. The summed E-state index contributed by atoms with van der Waals surface area (Å²) in [6.45, 7) is 0. The molecule has 332 valence electrons. The second-order valence-electron chi connectivity index (χ2n) is 19.0. The number of fused-ring (bicyclic) bond motifs is 16. The van der Waals surface area contributed by atoms with Crippen molar-refractivity contribution in [2.75, 3.05) is 4.90 Å². The Labute approximate surface area is 413 Å². The van der Waals surface area contributed by atoms with E-state index >= 15 is 0 Å². The third kappa shape index (κ3) is 5.43. The zero-order valence-corrected chi connectivity index (χ0v) is 38.6. The number of anilines is 3. The molecule has 15 rings (SSSR count). The van der Waals surface area contributed by atoms with Gasteiger partial charge in [-0.1, -0.05) is 218 Å². The van der Waals surface area contributed by atoms with Crippen LogP contribution in [0, 0.1) is 0 Å². The van der Waals surface area contributed by atoms with Crippen LogP contribution in [0.25, 0.3) is 44.5 Å². The Hall–Kier alpha value is -9.18. The highest BCUT2D eigenvalue weighted by Crippen LogP contribution is 2.67. The van der Waals surface area contributed by atoms with Gasteiger partial charge in [0, 0.05) is 16.9 Å². The summed E-state index contributed by atoms with van der Waals surface area (Å²) in [7, 11) is 0. The van der Waals surface area contributed by atoms with Gasteiger partial charge in [-0.25, -0.2) is 0 Å². The first-order valence-electron chi connectivity index (χ1n) is 24.5. The van der Waals surface area contributed by atoms with Gasteiger partial charge in [0.15, 0.2) is 23.0 Å². The van der Waals surface area contributed by atoms with E-state index in [2.05, 4.69) is 260 Å². The summed E-state index contributed by atoms with van der Waals surface area (Å²) in [5.41, 5.74) is 21.2. The Morgan fingerprint density at radius 3 is 1.42 bits per heavy atom. The van der Waals surface area contributed by atoms with E-state index < -0.39 is 10.8 Å². The summed E-state index contributed by atoms with van der Waals surface area (Å²) in [5, 5.41) is 0. The minimum atomic E-state index is -0.585. The molecule has 3 aliphatic carbocycles. The minimum Gasteiger partial charge on any atom is -0.449 e. The lowest BCUT2D eigenvalue weighted by Gasteiger charge is -2.35. The lowest BCUT2D eigenvalue weighted by atomic mass is 9.67. The van der Waals surface area contributed by atoms with Crippen molar-refractivity contribution in [3.63, 3.8) is 0 Å². The molecule has 0 saturated heterocycles. The lowest BCUT2D eigenvalue weighted by molar-refractivity contribution is 0.361. The van der Waals surface area contributed by atoms with Crippen molar-refractivity contribution in [3.8, 4) is 67.5 Å². The van der Waals surface area contributed by atoms with Crippen LogP contribution >= 0.6 is 0 Å². The van der Waals surface area contributed by atoms with Gasteiger partial charge in [-0.2, -0.15) is 0 Å². The smallest absolute Gasteiger partial charge is 0.194 e. The first-order valence-corrected chi connectivity index (χ1v) is 24.5. The molecule has 0 atom stereocenters. The summed E-state index contributed by atoms with van der Waals surface area (Å²) in [5.74, 6) is 2.74. The number of benzene rings is 11. The predicted molar refractivity (Wildman–Crippen MR) is 287 cm³/mol. The molecule has 71 heavy (non-hydrogen) atoms. The third-order valence-corrected chi connectivity index (χ3v) is 15.6. The highest BCUT2D eigenvalue weighted by Gasteiger charge is 2.53. The van der Waals surface area contributed by atoms with Crippen molar-refractivity contribution < 1.29 is 9.47 Å². The van der Waals surface area contributed by atoms with Crippen LogP contribution in [0.3, 0.4) is 0 Å². The Morgan fingerprint density at radius 2 is 0.775 bits per heavy atom. The number of hydrogen-bond donors (Lipinski definition) is 0. The van der Waals surface area contributed by atoms with Crippen molar-refractivity contribution in [1.29, 1.82) is 0 Å². The molecule has 0 amide bonds. The van der Waals surface area contributed by atoms with Gasteiger partial charge in [-0.3, -0.25) is 0 Å². The van der Waals surface area contributed by atoms with Gasteiger partial charge >= 0.3 is 0 Å². The minimum absolute atomic E-state index is 0.521. The second-order valence-corrected chi connectivity index (χ2v) is 19.0. The van der Waals surface area contributed by atoms with E-state index in [4.69, 9.17) is 9.47 Å². The standard InChI is InChI=1S/C68H43NO2/c1-4-20-44(21-5-1)45-22-18-27-48(42-45)69(49-38-39-53-52-30-10-14-32-55(52)67(60(53)43-49,46-23-6-2-7-24-46)47-25-8-3-9-26-47)61-36-19-37-62-65(61)71-66-63(70-62)41-40-59-64(66)54-31-13-17-35-58(54)68(59)56-33-15-11-28-50(56)51-29-12-16-34-57(51)68/h1-43H. The topological polar surface area (TPSA) is 21.7 Å². The fourth-order valence-electron chi connectivity index (χ4n) is 12.9. The SMILES string of the molecule is c1ccc(-c2cccc(N(c3ccc4c(c3)C(c3ccccc3)(c3ccccc3)c3ccccc3-4)c3cccc4c3Oc3c(ccc5c3-c3ccccc3C53c5ccccc5-c5ccccc53)O4)c2)cc1.